The minimum absolute atomic E-state index is 0.165. The molecule has 0 aliphatic heterocycles. The van der Waals surface area contributed by atoms with Gasteiger partial charge in [0.1, 0.15) is 0 Å². The molecule has 3 rings (SSSR count). The number of hydrogen-bond acceptors (Lipinski definition) is 6. The molecule has 10 nitrogen and oxygen atoms in total. The summed E-state index contributed by atoms with van der Waals surface area (Å²) >= 11 is 0. The molecule has 2 amide bonds. The van der Waals surface area contributed by atoms with Gasteiger partial charge >= 0.3 is 0 Å². The highest BCUT2D eigenvalue weighted by Crippen LogP contribution is 2.21. The van der Waals surface area contributed by atoms with E-state index in [9.17, 15) is 29.8 Å². The number of nitrogens with zero attached hydrogens (tertiary/aromatic N) is 2. The molecule has 0 saturated heterocycles. The highest BCUT2D eigenvalue weighted by molar-refractivity contribution is 5.96. The number of carbonyl (C=O) groups excluding carboxylic acids is 2. The monoisotopic (exact) mass is 412 g/mol. The summed E-state index contributed by atoms with van der Waals surface area (Å²) < 4.78 is 0. The highest BCUT2D eigenvalue weighted by atomic mass is 16.6. The number of hydrogen-bond donors (Lipinski definition) is 2. The molecule has 0 heterocycles. The van der Waals surface area contributed by atoms with Crippen molar-refractivity contribution in [3.63, 3.8) is 0 Å². The van der Waals surface area contributed by atoms with Crippen LogP contribution in [0.1, 0.15) is 46.4 Å². The van der Waals surface area contributed by atoms with Gasteiger partial charge in [-0.05, 0) is 25.0 Å². The predicted molar refractivity (Wildman–Crippen MR) is 107 cm³/mol. The summed E-state index contributed by atoms with van der Waals surface area (Å²) in [5, 5.41) is 27.6. The minimum Gasteiger partial charge on any atom is -0.347 e. The number of non-ortho nitro benzene ring substituents is 2. The van der Waals surface area contributed by atoms with Crippen LogP contribution in [-0.4, -0.2) is 33.7 Å². The SMILES string of the molecule is O=C(N[C@@H]1CCCC[C@H]1NC(=O)c1cccc([N+](=O)[O-])c1)c1cccc([N+](=O)[O-])c1. The van der Waals surface area contributed by atoms with Crippen LogP contribution in [0.25, 0.3) is 0 Å². The van der Waals surface area contributed by atoms with E-state index in [1.54, 1.807) is 0 Å². The molecule has 0 unspecified atom stereocenters. The van der Waals surface area contributed by atoms with Crippen LogP contribution in [0.3, 0.4) is 0 Å². The Morgan fingerprint density at radius 1 is 0.767 bits per heavy atom. The van der Waals surface area contributed by atoms with Gasteiger partial charge in [0, 0.05) is 47.5 Å². The Morgan fingerprint density at radius 2 is 1.17 bits per heavy atom. The number of benzene rings is 2. The van der Waals surface area contributed by atoms with Gasteiger partial charge in [0.15, 0.2) is 0 Å². The zero-order valence-electron chi connectivity index (χ0n) is 15.9. The molecule has 2 aromatic carbocycles. The number of rotatable bonds is 6. The van der Waals surface area contributed by atoms with Crippen molar-refractivity contribution in [1.82, 2.24) is 10.6 Å². The molecule has 0 spiro atoms. The summed E-state index contributed by atoms with van der Waals surface area (Å²) in [7, 11) is 0. The second-order valence-electron chi connectivity index (χ2n) is 7.06. The smallest absolute Gasteiger partial charge is 0.270 e. The Kier molecular flexibility index (Phi) is 6.35. The lowest BCUT2D eigenvalue weighted by Crippen LogP contribution is -2.53. The van der Waals surface area contributed by atoms with Crippen LogP contribution in [0.5, 0.6) is 0 Å². The van der Waals surface area contributed by atoms with E-state index in [0.29, 0.717) is 12.8 Å². The third-order valence-electron chi connectivity index (χ3n) is 5.04. The molecule has 0 bridgehead atoms. The molecule has 156 valence electrons. The zero-order valence-corrected chi connectivity index (χ0v) is 15.9. The van der Waals surface area contributed by atoms with E-state index in [1.165, 1.54) is 48.5 Å². The molecule has 1 aliphatic rings. The quantitative estimate of drug-likeness (QED) is 0.551. The van der Waals surface area contributed by atoms with Gasteiger partial charge in [-0.1, -0.05) is 25.0 Å². The normalized spacial score (nSPS) is 18.3. The number of amides is 2. The van der Waals surface area contributed by atoms with E-state index in [0.717, 1.165) is 12.8 Å². The summed E-state index contributed by atoms with van der Waals surface area (Å²) in [6.07, 6.45) is 3.01. The second-order valence-corrected chi connectivity index (χ2v) is 7.06. The molecule has 1 fully saturated rings. The standard InChI is InChI=1S/C20H20N4O6/c25-19(13-5-3-7-15(11-13)23(27)28)21-17-9-1-2-10-18(17)22-20(26)14-6-4-8-16(12-14)24(29)30/h3-8,11-12,17-18H,1-2,9-10H2,(H,21,25)(H,22,26)/t17-,18-/m1/s1. The van der Waals surface area contributed by atoms with E-state index in [1.807, 2.05) is 0 Å². The van der Waals surface area contributed by atoms with Gasteiger partial charge in [-0.2, -0.15) is 0 Å². The lowest BCUT2D eigenvalue weighted by Gasteiger charge is -2.32. The molecule has 0 radical (unpaired) electrons. The van der Waals surface area contributed by atoms with E-state index in [2.05, 4.69) is 10.6 Å². The van der Waals surface area contributed by atoms with Gasteiger partial charge < -0.3 is 10.6 Å². The summed E-state index contributed by atoms with van der Waals surface area (Å²) in [4.78, 5) is 45.9. The Morgan fingerprint density at radius 3 is 1.53 bits per heavy atom. The fourth-order valence-corrected chi connectivity index (χ4v) is 3.50. The maximum atomic E-state index is 12.6. The van der Waals surface area contributed by atoms with Crippen molar-refractivity contribution < 1.29 is 19.4 Å². The molecule has 2 aromatic rings. The van der Waals surface area contributed by atoms with Crippen molar-refractivity contribution in [2.24, 2.45) is 0 Å². The average Bonchev–Trinajstić information content (AvgIpc) is 2.75. The first kappa shape index (κ1) is 20.9. The van der Waals surface area contributed by atoms with E-state index in [-0.39, 0.29) is 34.6 Å². The number of nitro groups is 2. The molecule has 2 atom stereocenters. The Labute approximate surface area is 171 Å². The topological polar surface area (TPSA) is 144 Å². The van der Waals surface area contributed by atoms with Crippen LogP contribution in [0.2, 0.25) is 0 Å². The summed E-state index contributed by atoms with van der Waals surface area (Å²) in [6.45, 7) is 0. The fourth-order valence-electron chi connectivity index (χ4n) is 3.50. The van der Waals surface area contributed by atoms with Crippen molar-refractivity contribution in [2.45, 2.75) is 37.8 Å². The summed E-state index contributed by atoms with van der Waals surface area (Å²) in [6, 6.07) is 10.2. The lowest BCUT2D eigenvalue weighted by molar-refractivity contribution is -0.385. The van der Waals surface area contributed by atoms with Gasteiger partial charge in [0.25, 0.3) is 23.2 Å². The molecular weight excluding hydrogens is 392 g/mol. The van der Waals surface area contributed by atoms with Gasteiger partial charge in [0.2, 0.25) is 0 Å². The number of carbonyl (C=O) groups is 2. The second kappa shape index (κ2) is 9.12. The first-order valence-corrected chi connectivity index (χ1v) is 9.46. The van der Waals surface area contributed by atoms with E-state index < -0.39 is 21.7 Å². The van der Waals surface area contributed by atoms with Crippen molar-refractivity contribution in [3.05, 3.63) is 79.9 Å². The predicted octanol–water partition coefficient (Wildman–Crippen LogP) is 2.97. The van der Waals surface area contributed by atoms with Gasteiger partial charge in [0.05, 0.1) is 9.85 Å². The van der Waals surface area contributed by atoms with Crippen LogP contribution < -0.4 is 10.6 Å². The van der Waals surface area contributed by atoms with Crippen molar-refractivity contribution >= 4 is 23.2 Å². The van der Waals surface area contributed by atoms with E-state index >= 15 is 0 Å². The first-order chi connectivity index (χ1) is 14.3. The molecular formula is C20H20N4O6. The van der Waals surface area contributed by atoms with E-state index in [4.69, 9.17) is 0 Å². The summed E-state index contributed by atoms with van der Waals surface area (Å²) in [5.74, 6) is -0.916. The largest absolute Gasteiger partial charge is 0.347 e. The number of nitro benzene ring substituents is 2. The summed E-state index contributed by atoms with van der Waals surface area (Å²) in [5.41, 5.74) is -0.0271. The average molecular weight is 412 g/mol. The molecule has 1 saturated carbocycles. The highest BCUT2D eigenvalue weighted by Gasteiger charge is 2.29. The van der Waals surface area contributed by atoms with Crippen LogP contribution in [0.4, 0.5) is 11.4 Å². The molecule has 10 heteroatoms. The maximum Gasteiger partial charge on any atom is 0.270 e. The Balaban J connectivity index is 1.70. The third kappa shape index (κ3) is 4.96. The minimum atomic E-state index is -0.570. The Bertz CT molecular complexity index is 913. The Hall–Kier alpha value is -3.82. The number of nitrogens with one attached hydrogen (secondary N) is 2. The molecule has 30 heavy (non-hydrogen) atoms. The maximum absolute atomic E-state index is 12.6. The molecule has 2 N–H and O–H groups in total. The molecule has 1 aliphatic carbocycles. The molecule has 0 aromatic heterocycles. The van der Waals surface area contributed by atoms with Crippen molar-refractivity contribution in [2.75, 3.05) is 0 Å². The zero-order chi connectivity index (χ0) is 21.7. The van der Waals surface area contributed by atoms with Gasteiger partial charge in [-0.15, -0.1) is 0 Å². The van der Waals surface area contributed by atoms with Crippen LogP contribution >= 0.6 is 0 Å². The van der Waals surface area contributed by atoms with Gasteiger partial charge in [-0.25, -0.2) is 0 Å². The van der Waals surface area contributed by atoms with Gasteiger partial charge in [-0.3, -0.25) is 29.8 Å². The van der Waals surface area contributed by atoms with Crippen LogP contribution in [-0.2, 0) is 0 Å². The first-order valence-electron chi connectivity index (χ1n) is 9.46. The lowest BCUT2D eigenvalue weighted by atomic mass is 9.89. The van der Waals surface area contributed by atoms with Crippen LogP contribution in [0, 0.1) is 20.2 Å². The van der Waals surface area contributed by atoms with Crippen molar-refractivity contribution in [3.8, 4) is 0 Å². The van der Waals surface area contributed by atoms with Crippen LogP contribution in [0.15, 0.2) is 48.5 Å². The third-order valence-corrected chi connectivity index (χ3v) is 5.04. The fraction of sp³-hybridized carbons (Fsp3) is 0.300. The van der Waals surface area contributed by atoms with Crippen molar-refractivity contribution in [1.29, 1.82) is 0 Å².